The minimum absolute atomic E-state index is 0.619. The molecular weight excluding hydrogens is 491 g/mol. The quantitative estimate of drug-likeness (QED) is 0.254. The zero-order valence-electron chi connectivity index (χ0n) is 21.6. The van der Waals surface area contributed by atoms with Gasteiger partial charge in [-0.05, 0) is 67.4 Å². The van der Waals surface area contributed by atoms with Crippen LogP contribution in [0.25, 0.3) is 22.9 Å². The first-order chi connectivity index (χ1) is 17.4. The molecular formula is C30H34Cl2N2O2. The Hall–Kier alpha value is -3.08. The summed E-state index contributed by atoms with van der Waals surface area (Å²) in [6, 6.07) is 20.0. The van der Waals surface area contributed by atoms with Crippen LogP contribution in [0.15, 0.2) is 72.9 Å². The maximum absolute atomic E-state index is 6.55. The van der Waals surface area contributed by atoms with Gasteiger partial charge in [-0.2, -0.15) is 0 Å². The van der Waals surface area contributed by atoms with Crippen molar-refractivity contribution in [3.05, 3.63) is 94.1 Å². The highest BCUT2D eigenvalue weighted by atomic mass is 35.5. The summed E-state index contributed by atoms with van der Waals surface area (Å²) in [5.74, 6) is 1.70. The molecule has 0 amide bonds. The van der Waals surface area contributed by atoms with E-state index in [4.69, 9.17) is 32.7 Å². The molecule has 0 saturated carbocycles. The predicted octanol–water partition coefficient (Wildman–Crippen LogP) is 7.96. The minimum Gasteiger partial charge on any atom is -0.496 e. The minimum atomic E-state index is 0.619. The third kappa shape index (κ3) is 7.22. The van der Waals surface area contributed by atoms with Crippen molar-refractivity contribution in [3.63, 3.8) is 0 Å². The number of hydrogen-bond acceptors (Lipinski definition) is 4. The van der Waals surface area contributed by atoms with E-state index in [-0.39, 0.29) is 0 Å². The van der Waals surface area contributed by atoms with Crippen molar-refractivity contribution in [2.75, 3.05) is 40.9 Å². The summed E-state index contributed by atoms with van der Waals surface area (Å²) in [6.45, 7) is 6.31. The van der Waals surface area contributed by atoms with Gasteiger partial charge < -0.3 is 19.3 Å². The van der Waals surface area contributed by atoms with Crippen molar-refractivity contribution in [2.45, 2.75) is 13.8 Å². The number of benzene rings is 3. The standard InChI is InChI=1S/C30H34Cl2N2O2/c1-6-33(3)21-29(27-16-13-25(31)20-28(27)32)34(4)18-8-9-24-19-23(12-17-30(24)35-5)22-10-14-26(15-11-22)36-7-2/h8-17,19-21H,6-7,18H2,1-5H3/b9-8+,29-21-. The molecule has 0 N–H and O–H groups in total. The number of methoxy groups -OCH3 is 1. The molecule has 0 spiro atoms. The summed E-state index contributed by atoms with van der Waals surface area (Å²) in [6.07, 6.45) is 6.33. The number of likely N-dealkylation sites (N-methyl/N-ethyl adjacent to an activating group) is 1. The average Bonchev–Trinajstić information content (AvgIpc) is 2.88. The zero-order valence-corrected chi connectivity index (χ0v) is 23.1. The van der Waals surface area contributed by atoms with Crippen LogP contribution in [0.5, 0.6) is 11.5 Å². The molecule has 0 fully saturated rings. The largest absolute Gasteiger partial charge is 0.496 e. The van der Waals surface area contributed by atoms with Crippen LogP contribution in [0.2, 0.25) is 10.0 Å². The molecule has 3 aromatic rings. The second kappa shape index (κ2) is 13.3. The van der Waals surface area contributed by atoms with Crippen LogP contribution in [0.4, 0.5) is 0 Å². The summed E-state index contributed by atoms with van der Waals surface area (Å²) in [4.78, 5) is 4.30. The van der Waals surface area contributed by atoms with E-state index in [1.165, 1.54) is 0 Å². The molecule has 0 bridgehead atoms. The Balaban J connectivity index is 1.84. The van der Waals surface area contributed by atoms with Crippen LogP contribution in [0, 0.1) is 0 Å². The van der Waals surface area contributed by atoms with E-state index in [1.807, 2.05) is 44.3 Å². The lowest BCUT2D eigenvalue weighted by Gasteiger charge is -2.25. The van der Waals surface area contributed by atoms with Crippen molar-refractivity contribution in [2.24, 2.45) is 0 Å². The molecule has 0 heterocycles. The fraction of sp³-hybridized carbons (Fsp3) is 0.267. The molecule has 0 aliphatic rings. The van der Waals surface area contributed by atoms with Crippen LogP contribution >= 0.6 is 23.2 Å². The first-order valence-electron chi connectivity index (χ1n) is 12.0. The second-order valence-electron chi connectivity index (χ2n) is 8.41. The van der Waals surface area contributed by atoms with Crippen LogP contribution in [0.1, 0.15) is 25.0 Å². The van der Waals surface area contributed by atoms with Gasteiger partial charge in [0.15, 0.2) is 0 Å². The van der Waals surface area contributed by atoms with Crippen molar-refractivity contribution in [1.29, 1.82) is 0 Å². The topological polar surface area (TPSA) is 24.9 Å². The molecule has 36 heavy (non-hydrogen) atoms. The predicted molar refractivity (Wildman–Crippen MR) is 154 cm³/mol. The molecule has 0 atom stereocenters. The van der Waals surface area contributed by atoms with Crippen molar-refractivity contribution in [1.82, 2.24) is 9.80 Å². The number of nitrogens with zero attached hydrogens (tertiary/aromatic N) is 2. The smallest absolute Gasteiger partial charge is 0.126 e. The van der Waals surface area contributed by atoms with Gasteiger partial charge in [-0.3, -0.25) is 0 Å². The van der Waals surface area contributed by atoms with Gasteiger partial charge in [-0.15, -0.1) is 0 Å². The summed E-state index contributed by atoms with van der Waals surface area (Å²) < 4.78 is 11.2. The number of ether oxygens (including phenoxy) is 2. The van der Waals surface area contributed by atoms with E-state index in [0.29, 0.717) is 23.2 Å². The van der Waals surface area contributed by atoms with Crippen molar-refractivity contribution in [3.8, 4) is 22.6 Å². The highest BCUT2D eigenvalue weighted by Crippen LogP contribution is 2.31. The molecule has 0 saturated heterocycles. The fourth-order valence-electron chi connectivity index (χ4n) is 3.76. The lowest BCUT2D eigenvalue weighted by Crippen LogP contribution is -2.20. The highest BCUT2D eigenvalue weighted by Gasteiger charge is 2.12. The first-order valence-corrected chi connectivity index (χ1v) is 12.8. The molecule has 0 aliphatic carbocycles. The van der Waals surface area contributed by atoms with Gasteiger partial charge in [0.05, 0.1) is 24.4 Å². The highest BCUT2D eigenvalue weighted by molar-refractivity contribution is 6.35. The molecule has 3 rings (SSSR count). The lowest BCUT2D eigenvalue weighted by molar-refractivity contribution is 0.340. The van der Waals surface area contributed by atoms with Gasteiger partial charge in [0.25, 0.3) is 0 Å². The van der Waals surface area contributed by atoms with Crippen LogP contribution in [-0.2, 0) is 0 Å². The molecule has 0 unspecified atom stereocenters. The SMILES string of the molecule is CCOc1ccc(-c2ccc(OC)c(/C=C/CN(C)/C(=C\N(C)CC)c3ccc(Cl)cc3Cl)c2)cc1. The van der Waals surface area contributed by atoms with Gasteiger partial charge in [-0.1, -0.05) is 53.6 Å². The third-order valence-electron chi connectivity index (χ3n) is 5.86. The Labute approximate surface area is 225 Å². The summed E-state index contributed by atoms with van der Waals surface area (Å²) in [7, 11) is 5.79. The molecule has 6 heteroatoms. The Morgan fingerprint density at radius 2 is 1.64 bits per heavy atom. The second-order valence-corrected chi connectivity index (χ2v) is 9.25. The Morgan fingerprint density at radius 3 is 2.28 bits per heavy atom. The summed E-state index contributed by atoms with van der Waals surface area (Å²) >= 11 is 12.7. The molecule has 0 aliphatic heterocycles. The van der Waals surface area contributed by atoms with Crippen molar-refractivity contribution < 1.29 is 9.47 Å². The number of hydrogen-bond donors (Lipinski definition) is 0. The van der Waals surface area contributed by atoms with E-state index >= 15 is 0 Å². The maximum Gasteiger partial charge on any atom is 0.126 e. The Bertz CT molecular complexity index is 1210. The van der Waals surface area contributed by atoms with Gasteiger partial charge in [0, 0.05) is 49.5 Å². The van der Waals surface area contributed by atoms with Gasteiger partial charge in [0.1, 0.15) is 11.5 Å². The Morgan fingerprint density at radius 1 is 0.917 bits per heavy atom. The lowest BCUT2D eigenvalue weighted by atomic mass is 10.0. The monoisotopic (exact) mass is 524 g/mol. The van der Waals surface area contributed by atoms with Crippen LogP contribution in [-0.4, -0.2) is 50.7 Å². The van der Waals surface area contributed by atoms with E-state index in [1.54, 1.807) is 13.2 Å². The number of rotatable bonds is 11. The van der Waals surface area contributed by atoms with Crippen molar-refractivity contribution >= 4 is 35.0 Å². The van der Waals surface area contributed by atoms with Crippen LogP contribution in [0.3, 0.4) is 0 Å². The van der Waals surface area contributed by atoms with Gasteiger partial charge in [-0.25, -0.2) is 0 Å². The zero-order chi connectivity index (χ0) is 26.1. The van der Waals surface area contributed by atoms with E-state index in [0.717, 1.165) is 46.0 Å². The fourth-order valence-corrected chi connectivity index (χ4v) is 4.27. The van der Waals surface area contributed by atoms with E-state index in [2.05, 4.69) is 66.4 Å². The molecule has 3 aromatic carbocycles. The molecule has 4 nitrogen and oxygen atoms in total. The normalized spacial score (nSPS) is 11.6. The Kier molecular flexibility index (Phi) is 10.2. The average molecular weight is 526 g/mol. The third-order valence-corrected chi connectivity index (χ3v) is 6.41. The molecule has 190 valence electrons. The van der Waals surface area contributed by atoms with Crippen LogP contribution < -0.4 is 9.47 Å². The van der Waals surface area contributed by atoms with Gasteiger partial charge in [0.2, 0.25) is 0 Å². The van der Waals surface area contributed by atoms with E-state index in [9.17, 15) is 0 Å². The molecule has 0 radical (unpaired) electrons. The van der Waals surface area contributed by atoms with Gasteiger partial charge >= 0.3 is 0 Å². The summed E-state index contributed by atoms with van der Waals surface area (Å²) in [5.41, 5.74) is 5.20. The molecule has 0 aromatic heterocycles. The van der Waals surface area contributed by atoms with E-state index < -0.39 is 0 Å². The first kappa shape index (κ1) is 27.5. The number of halogens is 2. The maximum atomic E-state index is 6.55. The summed E-state index contributed by atoms with van der Waals surface area (Å²) in [5, 5.41) is 1.24.